The zero-order chi connectivity index (χ0) is 15.2. The molecule has 2 rings (SSSR count). The van der Waals surface area contributed by atoms with Gasteiger partial charge in [0.15, 0.2) is 5.82 Å². The van der Waals surface area contributed by atoms with Crippen molar-refractivity contribution in [1.82, 2.24) is 30.0 Å². The maximum Gasteiger partial charge on any atom is 0.234 e. The molecule has 0 spiro atoms. The highest BCUT2D eigenvalue weighted by Gasteiger charge is 2.10. The summed E-state index contributed by atoms with van der Waals surface area (Å²) in [7, 11) is 0. The molecule has 2 aromatic heterocycles. The van der Waals surface area contributed by atoms with Gasteiger partial charge in [0.2, 0.25) is 5.91 Å². The van der Waals surface area contributed by atoms with Crippen LogP contribution in [0.2, 0.25) is 0 Å². The molecule has 8 nitrogen and oxygen atoms in total. The monoisotopic (exact) mass is 309 g/mol. The van der Waals surface area contributed by atoms with Gasteiger partial charge in [-0.25, -0.2) is 4.68 Å². The number of rotatable bonds is 7. The van der Waals surface area contributed by atoms with Crippen LogP contribution in [0, 0.1) is 0 Å². The topological polar surface area (TPSA) is 90.5 Å². The number of aromatic nitrogens is 6. The van der Waals surface area contributed by atoms with Gasteiger partial charge in [-0.3, -0.25) is 9.48 Å². The molecule has 21 heavy (non-hydrogen) atoms. The van der Waals surface area contributed by atoms with Crippen molar-refractivity contribution in [2.24, 2.45) is 0 Å². The van der Waals surface area contributed by atoms with Crippen molar-refractivity contribution in [3.8, 4) is 0 Å². The van der Waals surface area contributed by atoms with Gasteiger partial charge in [-0.2, -0.15) is 5.10 Å². The molecular formula is C12H19N7OS. The zero-order valence-electron chi connectivity index (χ0n) is 12.4. The summed E-state index contributed by atoms with van der Waals surface area (Å²) in [5, 5.41) is 18.5. The highest BCUT2D eigenvalue weighted by Crippen LogP contribution is 2.13. The Morgan fingerprint density at radius 2 is 2.29 bits per heavy atom. The van der Waals surface area contributed by atoms with E-state index in [1.807, 2.05) is 27.0 Å². The Hall–Kier alpha value is -1.90. The first-order valence-corrected chi connectivity index (χ1v) is 7.92. The lowest BCUT2D eigenvalue weighted by Gasteiger charge is -2.07. The minimum absolute atomic E-state index is 0.0563. The third-order valence-electron chi connectivity index (χ3n) is 2.76. The second-order valence-electron chi connectivity index (χ2n) is 4.76. The Balaban J connectivity index is 1.77. The molecule has 2 aromatic rings. The highest BCUT2D eigenvalue weighted by molar-refractivity contribution is 7.99. The quantitative estimate of drug-likeness (QED) is 0.830. The SMILES string of the molecule is CCn1cc(NC(=O)CSCc2nnnn2C(C)C)cn1. The summed E-state index contributed by atoms with van der Waals surface area (Å²) >= 11 is 1.48. The van der Waals surface area contributed by atoms with E-state index in [4.69, 9.17) is 0 Å². The first-order chi connectivity index (χ1) is 10.1. The Morgan fingerprint density at radius 1 is 1.48 bits per heavy atom. The largest absolute Gasteiger partial charge is 0.323 e. The van der Waals surface area contributed by atoms with Gasteiger partial charge in [-0.1, -0.05) is 0 Å². The molecule has 0 aliphatic carbocycles. The Morgan fingerprint density at radius 3 is 2.95 bits per heavy atom. The van der Waals surface area contributed by atoms with Crippen molar-refractivity contribution >= 4 is 23.4 Å². The fourth-order valence-corrected chi connectivity index (χ4v) is 2.47. The van der Waals surface area contributed by atoms with Crippen molar-refractivity contribution in [3.05, 3.63) is 18.2 Å². The lowest BCUT2D eigenvalue weighted by atomic mass is 10.4. The Bertz CT molecular complexity index is 592. The van der Waals surface area contributed by atoms with Crippen LogP contribution in [0.5, 0.6) is 0 Å². The van der Waals surface area contributed by atoms with Crippen LogP contribution in [0.15, 0.2) is 12.4 Å². The van der Waals surface area contributed by atoms with E-state index in [9.17, 15) is 4.79 Å². The third kappa shape index (κ3) is 4.28. The number of carbonyl (C=O) groups is 1. The fourth-order valence-electron chi connectivity index (χ4n) is 1.74. The van der Waals surface area contributed by atoms with Gasteiger partial charge in [0.05, 0.1) is 29.4 Å². The summed E-state index contributed by atoms with van der Waals surface area (Å²) in [4.78, 5) is 11.8. The number of nitrogens with zero attached hydrogens (tertiary/aromatic N) is 6. The van der Waals surface area contributed by atoms with E-state index in [2.05, 4.69) is 25.9 Å². The number of hydrogen-bond acceptors (Lipinski definition) is 6. The van der Waals surface area contributed by atoms with Gasteiger partial charge in [-0.05, 0) is 31.2 Å². The summed E-state index contributed by atoms with van der Waals surface area (Å²) in [6.07, 6.45) is 3.45. The second kappa shape index (κ2) is 7.21. The number of carbonyl (C=O) groups excluding carboxylic acids is 1. The van der Waals surface area contributed by atoms with Gasteiger partial charge >= 0.3 is 0 Å². The molecule has 0 fully saturated rings. The predicted molar refractivity (Wildman–Crippen MR) is 80.9 cm³/mol. The molecule has 0 aromatic carbocycles. The smallest absolute Gasteiger partial charge is 0.234 e. The van der Waals surface area contributed by atoms with Crippen molar-refractivity contribution < 1.29 is 4.79 Å². The molecule has 114 valence electrons. The molecule has 0 saturated carbocycles. The van der Waals surface area contributed by atoms with Gasteiger partial charge in [-0.15, -0.1) is 16.9 Å². The minimum atomic E-state index is -0.0563. The van der Waals surface area contributed by atoms with Crippen molar-refractivity contribution in [2.45, 2.75) is 39.1 Å². The van der Waals surface area contributed by atoms with Gasteiger partial charge in [0.1, 0.15) is 0 Å². The molecule has 0 saturated heterocycles. The Kier molecular flexibility index (Phi) is 5.32. The second-order valence-corrected chi connectivity index (χ2v) is 5.74. The van der Waals surface area contributed by atoms with Crippen LogP contribution in [0.3, 0.4) is 0 Å². The maximum atomic E-state index is 11.8. The number of tetrazole rings is 1. The average molecular weight is 309 g/mol. The van der Waals surface area contributed by atoms with E-state index < -0.39 is 0 Å². The molecule has 0 unspecified atom stereocenters. The van der Waals surface area contributed by atoms with Crippen LogP contribution in [0.25, 0.3) is 0 Å². The van der Waals surface area contributed by atoms with Crippen molar-refractivity contribution in [2.75, 3.05) is 11.1 Å². The van der Waals surface area contributed by atoms with Crippen LogP contribution in [0.1, 0.15) is 32.6 Å². The predicted octanol–water partition coefficient (Wildman–Crippen LogP) is 1.34. The highest BCUT2D eigenvalue weighted by atomic mass is 32.2. The molecule has 0 radical (unpaired) electrons. The molecular weight excluding hydrogens is 290 g/mol. The average Bonchev–Trinajstić information content (AvgIpc) is 3.07. The summed E-state index contributed by atoms with van der Waals surface area (Å²) in [6.45, 7) is 6.81. The van der Waals surface area contributed by atoms with Crippen LogP contribution >= 0.6 is 11.8 Å². The van der Waals surface area contributed by atoms with Crippen molar-refractivity contribution in [3.63, 3.8) is 0 Å². The molecule has 0 aliphatic heterocycles. The number of amides is 1. The molecule has 1 amide bonds. The molecule has 0 atom stereocenters. The molecule has 0 bridgehead atoms. The fraction of sp³-hybridized carbons (Fsp3) is 0.583. The summed E-state index contributed by atoms with van der Waals surface area (Å²) in [5.41, 5.74) is 0.717. The van der Waals surface area contributed by atoms with Crippen LogP contribution in [-0.4, -0.2) is 41.6 Å². The molecule has 1 N–H and O–H groups in total. The van der Waals surface area contributed by atoms with E-state index >= 15 is 0 Å². The summed E-state index contributed by atoms with van der Waals surface area (Å²) in [5.74, 6) is 1.68. The maximum absolute atomic E-state index is 11.8. The molecule has 9 heteroatoms. The van der Waals surface area contributed by atoms with E-state index in [1.165, 1.54) is 11.8 Å². The van der Waals surface area contributed by atoms with E-state index in [0.717, 1.165) is 18.1 Å². The standard InChI is InChI=1S/C12H19N7OS/c1-4-18-6-10(5-13-18)14-12(20)8-21-7-11-15-16-17-19(11)9(2)3/h5-6,9H,4,7-8H2,1-3H3,(H,14,20). The number of anilines is 1. The molecule has 2 heterocycles. The van der Waals surface area contributed by atoms with Gasteiger partial charge in [0.25, 0.3) is 0 Å². The van der Waals surface area contributed by atoms with Gasteiger partial charge < -0.3 is 5.32 Å². The number of thioether (sulfide) groups is 1. The number of hydrogen-bond donors (Lipinski definition) is 1. The van der Waals surface area contributed by atoms with Gasteiger partial charge in [0, 0.05) is 12.7 Å². The zero-order valence-corrected chi connectivity index (χ0v) is 13.2. The summed E-state index contributed by atoms with van der Waals surface area (Å²) < 4.78 is 3.52. The number of nitrogens with one attached hydrogen (secondary N) is 1. The lowest BCUT2D eigenvalue weighted by molar-refractivity contribution is -0.113. The first-order valence-electron chi connectivity index (χ1n) is 6.77. The molecule has 0 aliphatic rings. The first kappa shape index (κ1) is 15.5. The normalized spacial score (nSPS) is 11.0. The van der Waals surface area contributed by atoms with Crippen LogP contribution in [0.4, 0.5) is 5.69 Å². The lowest BCUT2D eigenvalue weighted by Crippen LogP contribution is -2.14. The van der Waals surface area contributed by atoms with E-state index in [-0.39, 0.29) is 11.9 Å². The third-order valence-corrected chi connectivity index (χ3v) is 3.68. The van der Waals surface area contributed by atoms with E-state index in [1.54, 1.807) is 15.6 Å². The van der Waals surface area contributed by atoms with Crippen LogP contribution < -0.4 is 5.32 Å². The van der Waals surface area contributed by atoms with Crippen molar-refractivity contribution in [1.29, 1.82) is 0 Å². The summed E-state index contributed by atoms with van der Waals surface area (Å²) in [6, 6.07) is 0.212. The van der Waals surface area contributed by atoms with Crippen LogP contribution in [-0.2, 0) is 17.1 Å². The van der Waals surface area contributed by atoms with E-state index in [0.29, 0.717) is 11.5 Å². The Labute approximate surface area is 127 Å². The minimum Gasteiger partial charge on any atom is -0.323 e. The number of aryl methyl sites for hydroxylation is 1.